The number of anilines is 1. The van der Waals surface area contributed by atoms with Gasteiger partial charge < -0.3 is 10.6 Å². The Morgan fingerprint density at radius 2 is 2.12 bits per heavy atom. The van der Waals surface area contributed by atoms with Crippen LogP contribution < -0.4 is 10.6 Å². The summed E-state index contributed by atoms with van der Waals surface area (Å²) in [6.45, 7) is 6.62. The molecule has 0 bridgehead atoms. The first kappa shape index (κ1) is 12.1. The van der Waals surface area contributed by atoms with Crippen molar-refractivity contribution in [3.8, 4) is 0 Å². The van der Waals surface area contributed by atoms with Gasteiger partial charge in [0.25, 0.3) is 0 Å². The molecule has 3 nitrogen and oxygen atoms in total. The number of hydrogen-bond acceptors (Lipinski definition) is 2. The van der Waals surface area contributed by atoms with Crippen molar-refractivity contribution in [1.29, 1.82) is 0 Å². The maximum Gasteiger partial charge on any atom is 0.234 e. The van der Waals surface area contributed by atoms with Crippen LogP contribution in [0.1, 0.15) is 25.8 Å². The van der Waals surface area contributed by atoms with E-state index in [0.29, 0.717) is 6.54 Å². The molecule has 1 aliphatic heterocycles. The Hall–Kier alpha value is -1.35. The predicted octanol–water partition coefficient (Wildman–Crippen LogP) is 2.09. The molecule has 0 saturated carbocycles. The molecule has 0 aliphatic carbocycles. The average molecular weight is 232 g/mol. The van der Waals surface area contributed by atoms with E-state index in [0.717, 1.165) is 12.1 Å². The third-order valence-corrected chi connectivity index (χ3v) is 3.70. The minimum atomic E-state index is -0.470. The van der Waals surface area contributed by atoms with Gasteiger partial charge in [0.1, 0.15) is 0 Å². The molecule has 1 atom stereocenters. The van der Waals surface area contributed by atoms with Crippen LogP contribution in [0.5, 0.6) is 0 Å². The highest BCUT2D eigenvalue weighted by molar-refractivity contribution is 5.98. The summed E-state index contributed by atoms with van der Waals surface area (Å²) in [6, 6.07) is 8.01. The molecular weight excluding hydrogens is 212 g/mol. The van der Waals surface area contributed by atoms with E-state index < -0.39 is 5.41 Å². The fourth-order valence-corrected chi connectivity index (χ4v) is 2.28. The Morgan fingerprint density at radius 3 is 2.76 bits per heavy atom. The zero-order valence-corrected chi connectivity index (χ0v) is 10.7. The van der Waals surface area contributed by atoms with Crippen LogP contribution in [0.4, 0.5) is 5.69 Å². The summed E-state index contributed by atoms with van der Waals surface area (Å²) >= 11 is 0. The lowest BCUT2D eigenvalue weighted by atomic mass is 9.78. The summed E-state index contributed by atoms with van der Waals surface area (Å²) in [5, 5.41) is 0. The zero-order valence-electron chi connectivity index (χ0n) is 10.7. The van der Waals surface area contributed by atoms with Gasteiger partial charge in [0, 0.05) is 18.3 Å². The van der Waals surface area contributed by atoms with Crippen molar-refractivity contribution in [2.45, 2.75) is 33.2 Å². The van der Waals surface area contributed by atoms with Gasteiger partial charge in [0.15, 0.2) is 0 Å². The quantitative estimate of drug-likeness (QED) is 0.806. The highest BCUT2D eigenvalue weighted by Crippen LogP contribution is 2.32. The summed E-state index contributed by atoms with van der Waals surface area (Å²) in [6.07, 6.45) is 0.854. The standard InChI is InChI=1S/C14H20N2O/c1-10-5-4-6-11(9-10)16-8-7-12(15)14(2,3)13(16)17/h4-6,9,12H,7-8,15H2,1-3H3. The first-order valence-electron chi connectivity index (χ1n) is 6.07. The third kappa shape index (κ3) is 2.07. The maximum atomic E-state index is 12.4. The Kier molecular flexibility index (Phi) is 2.96. The number of piperidine rings is 1. The molecule has 0 spiro atoms. The first-order chi connectivity index (χ1) is 7.93. The summed E-state index contributed by atoms with van der Waals surface area (Å²) < 4.78 is 0. The highest BCUT2D eigenvalue weighted by Gasteiger charge is 2.41. The molecule has 1 saturated heterocycles. The van der Waals surface area contributed by atoms with Gasteiger partial charge in [0.2, 0.25) is 5.91 Å². The highest BCUT2D eigenvalue weighted by atomic mass is 16.2. The second-order valence-corrected chi connectivity index (χ2v) is 5.41. The molecule has 17 heavy (non-hydrogen) atoms. The normalized spacial score (nSPS) is 23.9. The molecule has 1 amide bonds. The van der Waals surface area contributed by atoms with Crippen LogP contribution in [-0.2, 0) is 4.79 Å². The summed E-state index contributed by atoms with van der Waals surface area (Å²) in [7, 11) is 0. The van der Waals surface area contributed by atoms with Gasteiger partial charge in [-0.2, -0.15) is 0 Å². The van der Waals surface area contributed by atoms with Crippen LogP contribution in [0.3, 0.4) is 0 Å². The number of nitrogens with zero attached hydrogens (tertiary/aromatic N) is 1. The van der Waals surface area contributed by atoms with E-state index in [1.807, 2.05) is 49.9 Å². The molecule has 1 aromatic rings. The van der Waals surface area contributed by atoms with Gasteiger partial charge in [-0.25, -0.2) is 0 Å². The second kappa shape index (κ2) is 4.15. The number of carbonyl (C=O) groups is 1. The van der Waals surface area contributed by atoms with Gasteiger partial charge in [-0.05, 0) is 44.9 Å². The van der Waals surface area contributed by atoms with Crippen molar-refractivity contribution in [2.75, 3.05) is 11.4 Å². The number of nitrogens with two attached hydrogens (primary N) is 1. The number of hydrogen-bond donors (Lipinski definition) is 1. The van der Waals surface area contributed by atoms with Gasteiger partial charge in [-0.15, -0.1) is 0 Å². The second-order valence-electron chi connectivity index (χ2n) is 5.41. The maximum absolute atomic E-state index is 12.4. The molecular formula is C14H20N2O. The molecule has 1 unspecified atom stereocenters. The number of amides is 1. The van der Waals surface area contributed by atoms with Crippen molar-refractivity contribution in [2.24, 2.45) is 11.1 Å². The van der Waals surface area contributed by atoms with Gasteiger partial charge in [-0.3, -0.25) is 4.79 Å². The minimum Gasteiger partial charge on any atom is -0.327 e. The average Bonchev–Trinajstić information content (AvgIpc) is 2.27. The van der Waals surface area contributed by atoms with Crippen LogP contribution in [-0.4, -0.2) is 18.5 Å². The van der Waals surface area contributed by atoms with E-state index in [-0.39, 0.29) is 11.9 Å². The number of rotatable bonds is 1. The number of carbonyl (C=O) groups excluding carboxylic acids is 1. The predicted molar refractivity (Wildman–Crippen MR) is 69.9 cm³/mol. The van der Waals surface area contributed by atoms with E-state index in [1.54, 1.807) is 0 Å². The van der Waals surface area contributed by atoms with Crippen LogP contribution in [0.25, 0.3) is 0 Å². The largest absolute Gasteiger partial charge is 0.327 e. The third-order valence-electron chi connectivity index (χ3n) is 3.70. The van der Waals surface area contributed by atoms with Crippen molar-refractivity contribution >= 4 is 11.6 Å². The first-order valence-corrected chi connectivity index (χ1v) is 6.07. The molecule has 2 N–H and O–H groups in total. The molecule has 1 aliphatic rings. The van der Waals surface area contributed by atoms with Crippen molar-refractivity contribution in [3.05, 3.63) is 29.8 Å². The molecule has 2 rings (SSSR count). The monoisotopic (exact) mass is 232 g/mol. The van der Waals surface area contributed by atoms with E-state index in [1.165, 1.54) is 5.56 Å². The Balaban J connectivity index is 2.32. The topological polar surface area (TPSA) is 46.3 Å². The molecule has 1 heterocycles. The zero-order chi connectivity index (χ0) is 12.6. The SMILES string of the molecule is Cc1cccc(N2CCC(N)C(C)(C)C2=O)c1. The Bertz CT molecular complexity index is 440. The van der Waals surface area contributed by atoms with Crippen LogP contribution in [0.15, 0.2) is 24.3 Å². The Labute approximate surface area is 103 Å². The van der Waals surface area contributed by atoms with E-state index in [2.05, 4.69) is 0 Å². The van der Waals surface area contributed by atoms with Crippen molar-refractivity contribution < 1.29 is 4.79 Å². The number of benzene rings is 1. The van der Waals surface area contributed by atoms with Crippen LogP contribution >= 0.6 is 0 Å². The lowest BCUT2D eigenvalue weighted by molar-refractivity contribution is -0.129. The molecule has 0 radical (unpaired) electrons. The van der Waals surface area contributed by atoms with E-state index in [9.17, 15) is 4.79 Å². The lowest BCUT2D eigenvalue weighted by Crippen LogP contribution is -2.56. The minimum absolute atomic E-state index is 0.0453. The van der Waals surface area contributed by atoms with E-state index in [4.69, 9.17) is 5.73 Å². The van der Waals surface area contributed by atoms with Crippen molar-refractivity contribution in [1.82, 2.24) is 0 Å². The fourth-order valence-electron chi connectivity index (χ4n) is 2.28. The van der Waals surface area contributed by atoms with Gasteiger partial charge in [0.05, 0.1) is 5.41 Å². The number of aryl methyl sites for hydroxylation is 1. The van der Waals surface area contributed by atoms with Gasteiger partial charge in [-0.1, -0.05) is 12.1 Å². The molecule has 1 fully saturated rings. The molecule has 1 aromatic carbocycles. The fraction of sp³-hybridized carbons (Fsp3) is 0.500. The molecule has 3 heteroatoms. The molecule has 92 valence electrons. The summed E-state index contributed by atoms with van der Waals surface area (Å²) in [5.41, 5.74) is 7.71. The Morgan fingerprint density at radius 1 is 1.41 bits per heavy atom. The summed E-state index contributed by atoms with van der Waals surface area (Å²) in [4.78, 5) is 14.3. The smallest absolute Gasteiger partial charge is 0.234 e. The lowest BCUT2D eigenvalue weighted by Gasteiger charge is -2.41. The summed E-state index contributed by atoms with van der Waals surface area (Å²) in [5.74, 6) is 0.127. The van der Waals surface area contributed by atoms with Crippen LogP contribution in [0, 0.1) is 12.3 Å². The molecule has 0 aromatic heterocycles. The van der Waals surface area contributed by atoms with Crippen molar-refractivity contribution in [3.63, 3.8) is 0 Å². The van der Waals surface area contributed by atoms with Gasteiger partial charge >= 0.3 is 0 Å². The van der Waals surface area contributed by atoms with E-state index >= 15 is 0 Å². The van der Waals surface area contributed by atoms with Crippen LogP contribution in [0.2, 0.25) is 0 Å².